The van der Waals surface area contributed by atoms with Gasteiger partial charge in [-0.15, -0.1) is 0 Å². The van der Waals surface area contributed by atoms with E-state index in [0.717, 1.165) is 5.56 Å². The molecule has 0 saturated heterocycles. The Hall–Kier alpha value is -3.22. The Morgan fingerprint density at radius 2 is 2.00 bits per heavy atom. The van der Waals surface area contributed by atoms with Crippen LogP contribution in [0.25, 0.3) is 0 Å². The summed E-state index contributed by atoms with van der Waals surface area (Å²) in [5.41, 5.74) is 1.47. The quantitative estimate of drug-likeness (QED) is 0.776. The van der Waals surface area contributed by atoms with Crippen LogP contribution in [0.4, 0.5) is 5.69 Å². The summed E-state index contributed by atoms with van der Waals surface area (Å²) in [7, 11) is 1.58. The second-order valence-corrected chi connectivity index (χ2v) is 6.78. The van der Waals surface area contributed by atoms with Gasteiger partial charge in [-0.2, -0.15) is 0 Å². The van der Waals surface area contributed by atoms with Crippen LogP contribution in [0.2, 0.25) is 0 Å². The number of rotatable bonds is 7. The van der Waals surface area contributed by atoms with Crippen molar-refractivity contribution < 1.29 is 23.8 Å². The second-order valence-electron chi connectivity index (χ2n) is 6.78. The third-order valence-electron chi connectivity index (χ3n) is 4.74. The van der Waals surface area contributed by atoms with Gasteiger partial charge >= 0.3 is 0 Å². The van der Waals surface area contributed by atoms with Crippen molar-refractivity contribution in [2.45, 2.75) is 32.9 Å². The molecule has 29 heavy (non-hydrogen) atoms. The maximum absolute atomic E-state index is 12.7. The maximum atomic E-state index is 12.7. The lowest BCUT2D eigenvalue weighted by atomic mass is 10.1. The van der Waals surface area contributed by atoms with Crippen molar-refractivity contribution in [3.05, 3.63) is 48.0 Å². The number of hydrogen-bond acceptors (Lipinski definition) is 5. The van der Waals surface area contributed by atoms with Gasteiger partial charge in [-0.25, -0.2) is 0 Å². The molecule has 7 heteroatoms. The molecule has 1 aliphatic heterocycles. The third kappa shape index (κ3) is 4.45. The lowest BCUT2D eigenvalue weighted by Crippen LogP contribution is -2.49. The maximum Gasteiger partial charge on any atom is 0.268 e. The van der Waals surface area contributed by atoms with Gasteiger partial charge in [0.05, 0.1) is 25.4 Å². The minimum absolute atomic E-state index is 0.0813. The van der Waals surface area contributed by atoms with E-state index in [0.29, 0.717) is 29.5 Å². The zero-order chi connectivity index (χ0) is 21.0. The number of carbonyl (C=O) groups excluding carboxylic acids is 2. The molecule has 2 aromatic rings. The lowest BCUT2D eigenvalue weighted by Gasteiger charge is -2.32. The molecule has 1 N–H and O–H groups in total. The van der Waals surface area contributed by atoms with Gasteiger partial charge in [0.1, 0.15) is 12.3 Å². The summed E-state index contributed by atoms with van der Waals surface area (Å²) in [6.07, 6.45) is -0.634. The van der Waals surface area contributed by atoms with E-state index in [4.69, 9.17) is 14.2 Å². The molecule has 1 aliphatic rings. The molecule has 3 rings (SSSR count). The predicted octanol–water partition coefficient (Wildman–Crippen LogP) is 3.09. The van der Waals surface area contributed by atoms with Crippen LogP contribution in [-0.4, -0.2) is 38.2 Å². The molecule has 2 unspecified atom stereocenters. The highest BCUT2D eigenvalue weighted by molar-refractivity contribution is 6.03. The van der Waals surface area contributed by atoms with Gasteiger partial charge < -0.3 is 19.5 Å². The van der Waals surface area contributed by atoms with Crippen LogP contribution in [0.3, 0.4) is 0 Å². The van der Waals surface area contributed by atoms with Crippen LogP contribution in [-0.2, 0) is 9.59 Å². The third-order valence-corrected chi connectivity index (χ3v) is 4.74. The molecular weight excluding hydrogens is 372 g/mol. The van der Waals surface area contributed by atoms with E-state index >= 15 is 0 Å². The Balaban J connectivity index is 1.71. The lowest BCUT2D eigenvalue weighted by molar-refractivity contribution is -0.128. The number of fused-ring (bicyclic) bond motifs is 1. The molecule has 0 aliphatic carbocycles. The van der Waals surface area contributed by atoms with Crippen molar-refractivity contribution in [2.24, 2.45) is 0 Å². The summed E-state index contributed by atoms with van der Waals surface area (Å²) in [6.45, 7) is 5.92. The Kier molecular flexibility index (Phi) is 6.26. The van der Waals surface area contributed by atoms with E-state index in [1.54, 1.807) is 26.2 Å². The van der Waals surface area contributed by atoms with E-state index < -0.39 is 6.10 Å². The molecule has 0 bridgehead atoms. The van der Waals surface area contributed by atoms with Gasteiger partial charge in [-0.1, -0.05) is 18.2 Å². The normalized spacial score (nSPS) is 16.5. The minimum Gasteiger partial charge on any atom is -0.493 e. The molecule has 0 spiro atoms. The van der Waals surface area contributed by atoms with Crippen molar-refractivity contribution in [1.29, 1.82) is 0 Å². The summed E-state index contributed by atoms with van der Waals surface area (Å²) in [5.74, 6) is 1.35. The average Bonchev–Trinajstić information content (AvgIpc) is 2.71. The predicted molar refractivity (Wildman–Crippen MR) is 110 cm³/mol. The summed E-state index contributed by atoms with van der Waals surface area (Å²) in [5, 5.41) is 2.94. The van der Waals surface area contributed by atoms with Crippen molar-refractivity contribution in [3.63, 3.8) is 0 Å². The van der Waals surface area contributed by atoms with Crippen molar-refractivity contribution in [1.82, 2.24) is 5.32 Å². The van der Waals surface area contributed by atoms with Crippen LogP contribution in [0.15, 0.2) is 42.5 Å². The number of carbonyl (C=O) groups is 2. The number of amides is 2. The number of methoxy groups -OCH3 is 1. The molecule has 1 heterocycles. The Bertz CT molecular complexity index is 899. The Morgan fingerprint density at radius 1 is 1.24 bits per heavy atom. The van der Waals surface area contributed by atoms with Crippen molar-refractivity contribution in [3.8, 4) is 17.2 Å². The van der Waals surface area contributed by atoms with Crippen LogP contribution < -0.4 is 24.4 Å². The number of nitrogens with zero attached hydrogens (tertiary/aromatic N) is 1. The summed E-state index contributed by atoms with van der Waals surface area (Å²) in [4.78, 5) is 26.7. The first-order valence-electron chi connectivity index (χ1n) is 9.61. The van der Waals surface area contributed by atoms with Crippen molar-refractivity contribution in [2.75, 3.05) is 25.2 Å². The highest BCUT2D eigenvalue weighted by atomic mass is 16.5. The topological polar surface area (TPSA) is 77.1 Å². The molecule has 2 amide bonds. The highest BCUT2D eigenvalue weighted by Crippen LogP contribution is 2.33. The number of ether oxygens (including phenoxy) is 3. The largest absolute Gasteiger partial charge is 0.493 e. The number of benzene rings is 2. The summed E-state index contributed by atoms with van der Waals surface area (Å²) >= 11 is 0. The SMILES string of the molecule is CCOc1ccc(C(C)NC(=O)CN2C(=O)C(C)Oc3ccccc32)cc1OC. The molecular formula is C22H26N2O5. The van der Waals surface area contributed by atoms with E-state index in [1.807, 2.05) is 44.2 Å². The molecule has 0 saturated carbocycles. The second kappa shape index (κ2) is 8.86. The fourth-order valence-corrected chi connectivity index (χ4v) is 3.26. The summed E-state index contributed by atoms with van der Waals surface area (Å²) < 4.78 is 16.5. The zero-order valence-corrected chi connectivity index (χ0v) is 17.1. The fourth-order valence-electron chi connectivity index (χ4n) is 3.26. The van der Waals surface area contributed by atoms with Gasteiger partial charge in [0.15, 0.2) is 17.6 Å². The minimum atomic E-state index is -0.634. The van der Waals surface area contributed by atoms with Crippen LogP contribution in [0.1, 0.15) is 32.4 Å². The van der Waals surface area contributed by atoms with E-state index in [9.17, 15) is 9.59 Å². The molecule has 7 nitrogen and oxygen atoms in total. The number of anilines is 1. The summed E-state index contributed by atoms with van der Waals surface area (Å²) in [6, 6.07) is 12.5. The van der Waals surface area contributed by atoms with Gasteiger partial charge in [-0.05, 0) is 50.6 Å². The molecule has 0 radical (unpaired) electrons. The first-order chi connectivity index (χ1) is 13.9. The number of hydrogen-bond donors (Lipinski definition) is 1. The van der Waals surface area contributed by atoms with Crippen LogP contribution in [0, 0.1) is 0 Å². The standard InChI is InChI=1S/C22H26N2O5/c1-5-28-19-11-10-16(12-20(19)27-4)14(2)23-21(25)13-24-17-8-6-7-9-18(17)29-15(3)22(24)26/h6-12,14-15H,5,13H2,1-4H3,(H,23,25). The molecule has 2 aromatic carbocycles. The zero-order valence-electron chi connectivity index (χ0n) is 17.1. The highest BCUT2D eigenvalue weighted by Gasteiger charge is 2.32. The molecule has 154 valence electrons. The van der Waals surface area contributed by atoms with Gasteiger partial charge in [0.2, 0.25) is 5.91 Å². The van der Waals surface area contributed by atoms with Crippen molar-refractivity contribution >= 4 is 17.5 Å². The van der Waals surface area contributed by atoms with Crippen LogP contribution in [0.5, 0.6) is 17.2 Å². The van der Waals surface area contributed by atoms with E-state index in [1.165, 1.54) is 4.90 Å². The molecule has 2 atom stereocenters. The fraction of sp³-hybridized carbons (Fsp3) is 0.364. The molecule has 0 aromatic heterocycles. The Labute approximate surface area is 170 Å². The van der Waals surface area contributed by atoms with Gasteiger partial charge in [0, 0.05) is 0 Å². The molecule has 0 fully saturated rings. The average molecular weight is 398 g/mol. The van der Waals surface area contributed by atoms with E-state index in [2.05, 4.69) is 5.32 Å². The Morgan fingerprint density at radius 3 is 2.72 bits per heavy atom. The smallest absolute Gasteiger partial charge is 0.268 e. The number of para-hydroxylation sites is 2. The monoisotopic (exact) mass is 398 g/mol. The number of nitrogens with one attached hydrogen (secondary N) is 1. The first-order valence-corrected chi connectivity index (χ1v) is 9.61. The van der Waals surface area contributed by atoms with Gasteiger partial charge in [-0.3, -0.25) is 14.5 Å². The van der Waals surface area contributed by atoms with E-state index in [-0.39, 0.29) is 24.4 Å². The van der Waals surface area contributed by atoms with Gasteiger partial charge in [0.25, 0.3) is 5.91 Å². The van der Waals surface area contributed by atoms with Crippen LogP contribution >= 0.6 is 0 Å². The first kappa shape index (κ1) is 20.5.